The molecule has 5 nitrogen and oxygen atoms in total. The van der Waals surface area contributed by atoms with Crippen molar-refractivity contribution in [2.75, 3.05) is 4.90 Å². The first-order valence-electron chi connectivity index (χ1n) is 10.3. The van der Waals surface area contributed by atoms with Crippen molar-refractivity contribution in [1.29, 1.82) is 0 Å². The van der Waals surface area contributed by atoms with Crippen LogP contribution in [0.5, 0.6) is 28.7 Å². The molecule has 32 heavy (non-hydrogen) atoms. The molecule has 0 fully saturated rings. The van der Waals surface area contributed by atoms with Gasteiger partial charge in [-0.1, -0.05) is 30.3 Å². The molecule has 0 aliphatic heterocycles. The number of aryl methyl sites for hydroxylation is 2. The van der Waals surface area contributed by atoms with E-state index in [1.807, 2.05) is 55.1 Å². The van der Waals surface area contributed by atoms with Gasteiger partial charge >= 0.3 is 0 Å². The average molecular weight is 428 g/mol. The summed E-state index contributed by atoms with van der Waals surface area (Å²) in [6, 6.07) is 23.1. The minimum absolute atomic E-state index is 0.135. The maximum Gasteiger partial charge on any atom is 0.151 e. The molecule has 0 saturated carbocycles. The van der Waals surface area contributed by atoms with E-state index in [4.69, 9.17) is 4.74 Å². The number of para-hydroxylation sites is 2. The lowest BCUT2D eigenvalue weighted by molar-refractivity contribution is 0.448. The van der Waals surface area contributed by atoms with Crippen LogP contribution in [0.15, 0.2) is 78.9 Å². The summed E-state index contributed by atoms with van der Waals surface area (Å²) < 4.78 is 6.26. The first kappa shape index (κ1) is 21.1. The molecule has 5 heteroatoms. The summed E-state index contributed by atoms with van der Waals surface area (Å²) >= 11 is 0. The van der Waals surface area contributed by atoms with Crippen molar-refractivity contribution in [3.63, 3.8) is 0 Å². The van der Waals surface area contributed by atoms with Gasteiger partial charge < -0.3 is 25.0 Å². The minimum Gasteiger partial charge on any atom is -0.508 e. The highest BCUT2D eigenvalue weighted by Crippen LogP contribution is 2.45. The fourth-order valence-electron chi connectivity index (χ4n) is 3.63. The van der Waals surface area contributed by atoms with Gasteiger partial charge in [0.1, 0.15) is 23.0 Å². The summed E-state index contributed by atoms with van der Waals surface area (Å²) in [7, 11) is 0. The second-order valence-corrected chi connectivity index (χ2v) is 7.75. The van der Waals surface area contributed by atoms with Gasteiger partial charge in [-0.3, -0.25) is 0 Å². The second-order valence-electron chi connectivity index (χ2n) is 7.75. The Morgan fingerprint density at radius 1 is 0.594 bits per heavy atom. The Kier molecular flexibility index (Phi) is 5.65. The Hall–Kier alpha value is -4.12. The van der Waals surface area contributed by atoms with Gasteiger partial charge in [0.2, 0.25) is 0 Å². The van der Waals surface area contributed by atoms with E-state index in [0.29, 0.717) is 17.1 Å². The lowest BCUT2D eigenvalue weighted by Gasteiger charge is -2.30. The molecule has 0 radical (unpaired) electrons. The second kappa shape index (κ2) is 8.55. The van der Waals surface area contributed by atoms with Crippen LogP contribution in [0.3, 0.4) is 0 Å². The first-order valence-corrected chi connectivity index (χ1v) is 10.3. The van der Waals surface area contributed by atoms with E-state index in [0.717, 1.165) is 28.2 Å². The number of phenols is 3. The maximum atomic E-state index is 10.2. The Labute approximate surface area is 187 Å². The topological polar surface area (TPSA) is 73.2 Å². The zero-order valence-electron chi connectivity index (χ0n) is 18.2. The highest BCUT2D eigenvalue weighted by atomic mass is 16.5. The molecule has 3 N–H and O–H groups in total. The van der Waals surface area contributed by atoms with Crippen LogP contribution < -0.4 is 9.64 Å². The molecular weight excluding hydrogens is 402 g/mol. The van der Waals surface area contributed by atoms with E-state index < -0.39 is 0 Å². The normalized spacial score (nSPS) is 10.7. The van der Waals surface area contributed by atoms with Crippen molar-refractivity contribution in [3.05, 3.63) is 95.6 Å². The van der Waals surface area contributed by atoms with E-state index in [-0.39, 0.29) is 17.2 Å². The van der Waals surface area contributed by atoms with E-state index in [1.54, 1.807) is 49.4 Å². The third-order valence-electron chi connectivity index (χ3n) is 5.45. The van der Waals surface area contributed by atoms with Crippen LogP contribution in [0.4, 0.5) is 17.1 Å². The molecule has 0 bridgehead atoms. The third kappa shape index (κ3) is 4.05. The predicted octanol–water partition coefficient (Wildman–Crippen LogP) is 6.99. The van der Waals surface area contributed by atoms with Crippen molar-refractivity contribution in [2.24, 2.45) is 0 Å². The van der Waals surface area contributed by atoms with Crippen molar-refractivity contribution >= 4 is 17.1 Å². The molecular formula is C27H25NO4. The molecule has 0 aliphatic rings. The Morgan fingerprint density at radius 2 is 1.16 bits per heavy atom. The summed E-state index contributed by atoms with van der Waals surface area (Å²) in [6.07, 6.45) is 0. The third-order valence-corrected chi connectivity index (χ3v) is 5.45. The predicted molar refractivity (Wildman–Crippen MR) is 127 cm³/mol. The van der Waals surface area contributed by atoms with Gasteiger partial charge in [0.25, 0.3) is 0 Å². The fraction of sp³-hybridized carbons (Fsp3) is 0.111. The number of anilines is 3. The summed E-state index contributed by atoms with van der Waals surface area (Å²) in [5.41, 5.74) is 4.74. The smallest absolute Gasteiger partial charge is 0.151 e. The van der Waals surface area contributed by atoms with Crippen molar-refractivity contribution in [2.45, 2.75) is 20.8 Å². The van der Waals surface area contributed by atoms with Crippen LogP contribution in [0, 0.1) is 20.8 Å². The molecule has 0 saturated heterocycles. The molecule has 0 spiro atoms. The molecule has 0 aliphatic carbocycles. The molecule has 4 aromatic carbocycles. The van der Waals surface area contributed by atoms with E-state index in [2.05, 4.69) is 0 Å². The van der Waals surface area contributed by atoms with Gasteiger partial charge in [-0.15, -0.1) is 0 Å². The number of phenolic OH excluding ortho intramolecular Hbond substituents is 3. The number of nitrogens with zero attached hydrogens (tertiary/aromatic N) is 1. The average Bonchev–Trinajstić information content (AvgIpc) is 2.77. The standard InChI is InChI=1S/C27H25NO4/c1-17-11-13-20(29)15-23(17)28(24-16-21(30)14-12-18(24)2)22-7-4-5-9-27(22)32-26-10-6-8-25(31)19(26)3/h4-16,29-31H,1-3H3. The van der Waals surface area contributed by atoms with Crippen LogP contribution in [0.2, 0.25) is 0 Å². The van der Waals surface area contributed by atoms with Crippen molar-refractivity contribution < 1.29 is 20.1 Å². The lowest BCUT2D eigenvalue weighted by Crippen LogP contribution is -2.13. The summed E-state index contributed by atoms with van der Waals surface area (Å²) in [5.74, 6) is 1.53. The van der Waals surface area contributed by atoms with Gasteiger partial charge in [0.15, 0.2) is 5.75 Å². The number of aromatic hydroxyl groups is 3. The fourth-order valence-corrected chi connectivity index (χ4v) is 3.63. The maximum absolute atomic E-state index is 10.2. The summed E-state index contributed by atoms with van der Waals surface area (Å²) in [5, 5.41) is 30.6. The van der Waals surface area contributed by atoms with Crippen LogP contribution in [-0.4, -0.2) is 15.3 Å². The molecule has 0 heterocycles. The SMILES string of the molecule is Cc1ccc(O)cc1N(c1cc(O)ccc1C)c1ccccc1Oc1cccc(O)c1C. The summed E-state index contributed by atoms with van der Waals surface area (Å²) in [4.78, 5) is 1.96. The van der Waals surface area contributed by atoms with Gasteiger partial charge in [-0.2, -0.15) is 0 Å². The molecule has 4 rings (SSSR count). The van der Waals surface area contributed by atoms with E-state index >= 15 is 0 Å². The first-order chi connectivity index (χ1) is 15.3. The monoisotopic (exact) mass is 427 g/mol. The zero-order chi connectivity index (χ0) is 22.8. The van der Waals surface area contributed by atoms with Gasteiger partial charge in [0.05, 0.1) is 17.1 Å². The molecule has 0 atom stereocenters. The highest BCUT2D eigenvalue weighted by Gasteiger charge is 2.21. The van der Waals surface area contributed by atoms with Crippen molar-refractivity contribution in [1.82, 2.24) is 0 Å². The highest BCUT2D eigenvalue weighted by molar-refractivity contribution is 5.84. The number of hydrogen-bond donors (Lipinski definition) is 3. The number of ether oxygens (including phenoxy) is 1. The van der Waals surface area contributed by atoms with E-state index in [9.17, 15) is 15.3 Å². The molecule has 0 aromatic heterocycles. The van der Waals surface area contributed by atoms with Crippen LogP contribution >= 0.6 is 0 Å². The number of rotatable bonds is 5. The Bertz CT molecular complexity index is 1230. The molecule has 0 amide bonds. The van der Waals surface area contributed by atoms with Gasteiger partial charge in [-0.05, 0) is 68.3 Å². The van der Waals surface area contributed by atoms with Gasteiger partial charge in [-0.25, -0.2) is 0 Å². The minimum atomic E-state index is 0.135. The Morgan fingerprint density at radius 3 is 1.78 bits per heavy atom. The molecule has 4 aromatic rings. The Balaban J connectivity index is 1.94. The van der Waals surface area contributed by atoms with Crippen LogP contribution in [0.25, 0.3) is 0 Å². The van der Waals surface area contributed by atoms with Gasteiger partial charge in [0, 0.05) is 17.7 Å². The van der Waals surface area contributed by atoms with Crippen LogP contribution in [-0.2, 0) is 0 Å². The van der Waals surface area contributed by atoms with Crippen LogP contribution in [0.1, 0.15) is 16.7 Å². The largest absolute Gasteiger partial charge is 0.508 e. The number of hydrogen-bond acceptors (Lipinski definition) is 5. The van der Waals surface area contributed by atoms with Crippen molar-refractivity contribution in [3.8, 4) is 28.7 Å². The molecule has 0 unspecified atom stereocenters. The lowest BCUT2D eigenvalue weighted by atomic mass is 10.1. The van der Waals surface area contributed by atoms with E-state index in [1.165, 1.54) is 0 Å². The number of benzene rings is 4. The quantitative estimate of drug-likeness (QED) is 0.320. The molecule has 162 valence electrons. The summed E-state index contributed by atoms with van der Waals surface area (Å²) in [6.45, 7) is 5.72. The zero-order valence-corrected chi connectivity index (χ0v) is 18.2.